The van der Waals surface area contributed by atoms with Gasteiger partial charge in [-0.3, -0.25) is 14.0 Å². The number of amides is 2. The van der Waals surface area contributed by atoms with Gasteiger partial charge in [-0.1, -0.05) is 6.07 Å². The Morgan fingerprint density at radius 3 is 3.00 bits per heavy atom. The second kappa shape index (κ2) is 5.51. The molecule has 0 spiro atoms. The van der Waals surface area contributed by atoms with E-state index < -0.39 is 0 Å². The quantitative estimate of drug-likeness (QED) is 0.875. The fraction of sp³-hybridized carbons (Fsp3) is 0.429. The molecule has 2 amide bonds. The minimum absolute atomic E-state index is 0.0220. The molecule has 0 aliphatic carbocycles. The number of carbonyl (C=O) groups excluding carboxylic acids is 2. The standard InChI is InChI=1S/C14H17N5O2/c1-10(20)18-7-5-11(9-18)14(21)15-8-13-17-16-12-4-2-3-6-19(12)13/h2-4,6,11H,5,7-9H2,1H3,(H,15,21). The largest absolute Gasteiger partial charge is 0.348 e. The fourth-order valence-electron chi connectivity index (χ4n) is 2.58. The Kier molecular flexibility index (Phi) is 3.55. The van der Waals surface area contributed by atoms with Crippen molar-refractivity contribution in [3.63, 3.8) is 0 Å². The van der Waals surface area contributed by atoms with Gasteiger partial charge >= 0.3 is 0 Å². The molecule has 1 fully saturated rings. The minimum Gasteiger partial charge on any atom is -0.348 e. The van der Waals surface area contributed by atoms with E-state index >= 15 is 0 Å². The molecule has 0 aromatic carbocycles. The molecule has 3 heterocycles. The zero-order valence-corrected chi connectivity index (χ0v) is 11.8. The van der Waals surface area contributed by atoms with Gasteiger partial charge in [-0.15, -0.1) is 10.2 Å². The third kappa shape index (κ3) is 2.72. The summed E-state index contributed by atoms with van der Waals surface area (Å²) in [6, 6.07) is 5.64. The molecule has 7 nitrogen and oxygen atoms in total. The fourth-order valence-corrected chi connectivity index (χ4v) is 2.58. The Morgan fingerprint density at radius 2 is 2.24 bits per heavy atom. The van der Waals surface area contributed by atoms with Crippen molar-refractivity contribution in [3.05, 3.63) is 30.2 Å². The predicted octanol–water partition coefficient (Wildman–Crippen LogP) is 0.214. The number of aromatic nitrogens is 3. The van der Waals surface area contributed by atoms with Crippen LogP contribution in [0.4, 0.5) is 0 Å². The highest BCUT2D eigenvalue weighted by molar-refractivity contribution is 5.81. The lowest BCUT2D eigenvalue weighted by Gasteiger charge is -2.13. The molecule has 110 valence electrons. The summed E-state index contributed by atoms with van der Waals surface area (Å²) in [4.78, 5) is 25.1. The average Bonchev–Trinajstić information content (AvgIpc) is 3.12. The first-order valence-electron chi connectivity index (χ1n) is 6.97. The van der Waals surface area contributed by atoms with Crippen LogP contribution in [0.5, 0.6) is 0 Å². The van der Waals surface area contributed by atoms with Crippen molar-refractivity contribution in [3.8, 4) is 0 Å². The molecule has 1 aliphatic rings. The topological polar surface area (TPSA) is 79.6 Å². The Balaban J connectivity index is 1.60. The molecule has 3 rings (SSSR count). The summed E-state index contributed by atoms with van der Waals surface area (Å²) < 4.78 is 1.84. The molecule has 7 heteroatoms. The molecule has 21 heavy (non-hydrogen) atoms. The van der Waals surface area contributed by atoms with Crippen molar-refractivity contribution in [2.45, 2.75) is 19.9 Å². The van der Waals surface area contributed by atoms with E-state index in [0.717, 1.165) is 5.65 Å². The Morgan fingerprint density at radius 1 is 1.38 bits per heavy atom. The molecule has 0 bridgehead atoms. The summed E-state index contributed by atoms with van der Waals surface area (Å²) in [6.07, 6.45) is 2.58. The van der Waals surface area contributed by atoms with Gasteiger partial charge in [0.05, 0.1) is 12.5 Å². The van der Waals surface area contributed by atoms with Crippen molar-refractivity contribution < 1.29 is 9.59 Å². The van der Waals surface area contributed by atoms with Crippen molar-refractivity contribution in [1.29, 1.82) is 0 Å². The number of nitrogens with zero attached hydrogens (tertiary/aromatic N) is 4. The summed E-state index contributed by atoms with van der Waals surface area (Å²) in [5, 5.41) is 11.0. The number of pyridine rings is 1. The van der Waals surface area contributed by atoms with Gasteiger partial charge in [-0.25, -0.2) is 0 Å². The van der Waals surface area contributed by atoms with Crippen molar-refractivity contribution in [2.75, 3.05) is 13.1 Å². The maximum atomic E-state index is 12.1. The third-order valence-electron chi connectivity index (χ3n) is 3.81. The summed E-state index contributed by atoms with van der Waals surface area (Å²) in [6.45, 7) is 3.02. The lowest BCUT2D eigenvalue weighted by Crippen LogP contribution is -2.34. The van der Waals surface area contributed by atoms with Gasteiger partial charge in [0.25, 0.3) is 0 Å². The van der Waals surface area contributed by atoms with E-state index in [-0.39, 0.29) is 17.7 Å². The van der Waals surface area contributed by atoms with Gasteiger partial charge in [0.15, 0.2) is 11.5 Å². The summed E-state index contributed by atoms with van der Waals surface area (Å²) in [5.41, 5.74) is 0.755. The molecule has 1 saturated heterocycles. The third-order valence-corrected chi connectivity index (χ3v) is 3.81. The lowest BCUT2D eigenvalue weighted by atomic mass is 10.1. The van der Waals surface area contributed by atoms with Crippen molar-refractivity contribution >= 4 is 17.5 Å². The highest BCUT2D eigenvalue weighted by Crippen LogP contribution is 2.16. The maximum Gasteiger partial charge on any atom is 0.225 e. The Hall–Kier alpha value is -2.44. The zero-order valence-electron chi connectivity index (χ0n) is 11.8. The van der Waals surface area contributed by atoms with Crippen LogP contribution in [-0.2, 0) is 16.1 Å². The van der Waals surface area contributed by atoms with Crippen LogP contribution in [0.25, 0.3) is 5.65 Å². The first kappa shape index (κ1) is 13.5. The number of hydrogen-bond acceptors (Lipinski definition) is 4. The summed E-state index contributed by atoms with van der Waals surface area (Å²) in [7, 11) is 0. The van der Waals surface area contributed by atoms with Gasteiger partial charge in [0.2, 0.25) is 11.8 Å². The number of rotatable bonds is 3. The molecule has 0 saturated carbocycles. The summed E-state index contributed by atoms with van der Waals surface area (Å²) in [5.74, 6) is 0.550. The van der Waals surface area contributed by atoms with Crippen LogP contribution in [0.2, 0.25) is 0 Å². The van der Waals surface area contributed by atoms with Gasteiger partial charge in [-0.2, -0.15) is 0 Å². The highest BCUT2D eigenvalue weighted by Gasteiger charge is 2.29. The van der Waals surface area contributed by atoms with Gasteiger partial charge < -0.3 is 10.2 Å². The molecule has 1 aliphatic heterocycles. The van der Waals surface area contributed by atoms with E-state index in [1.54, 1.807) is 4.90 Å². The monoisotopic (exact) mass is 287 g/mol. The molecule has 2 aromatic heterocycles. The first-order chi connectivity index (χ1) is 10.1. The minimum atomic E-state index is -0.131. The van der Waals surface area contributed by atoms with Gasteiger partial charge in [0, 0.05) is 26.2 Å². The van der Waals surface area contributed by atoms with Crippen LogP contribution in [-0.4, -0.2) is 44.4 Å². The van der Waals surface area contributed by atoms with Crippen LogP contribution in [0.3, 0.4) is 0 Å². The second-order valence-electron chi connectivity index (χ2n) is 5.21. The van der Waals surface area contributed by atoms with Crippen LogP contribution < -0.4 is 5.32 Å². The highest BCUT2D eigenvalue weighted by atomic mass is 16.2. The molecular formula is C14H17N5O2. The van der Waals surface area contributed by atoms with E-state index in [9.17, 15) is 9.59 Å². The van der Waals surface area contributed by atoms with E-state index in [2.05, 4.69) is 15.5 Å². The SMILES string of the molecule is CC(=O)N1CCC(C(=O)NCc2nnc3ccccn23)C1. The van der Waals surface area contributed by atoms with E-state index in [1.165, 1.54) is 6.92 Å². The normalized spacial score (nSPS) is 18.1. The number of fused-ring (bicyclic) bond motifs is 1. The van der Waals surface area contributed by atoms with Crippen molar-refractivity contribution in [2.24, 2.45) is 5.92 Å². The van der Waals surface area contributed by atoms with Crippen LogP contribution in [0, 0.1) is 5.92 Å². The van der Waals surface area contributed by atoms with Crippen LogP contribution in [0.1, 0.15) is 19.2 Å². The van der Waals surface area contributed by atoms with E-state index in [4.69, 9.17) is 0 Å². The molecule has 1 N–H and O–H groups in total. The lowest BCUT2D eigenvalue weighted by molar-refractivity contribution is -0.128. The van der Waals surface area contributed by atoms with Crippen LogP contribution >= 0.6 is 0 Å². The smallest absolute Gasteiger partial charge is 0.225 e. The number of hydrogen-bond donors (Lipinski definition) is 1. The second-order valence-corrected chi connectivity index (χ2v) is 5.21. The van der Waals surface area contributed by atoms with E-state index in [1.807, 2.05) is 28.8 Å². The van der Waals surface area contributed by atoms with Crippen molar-refractivity contribution in [1.82, 2.24) is 24.8 Å². The zero-order chi connectivity index (χ0) is 14.8. The number of likely N-dealkylation sites (tertiary alicyclic amines) is 1. The van der Waals surface area contributed by atoms with Gasteiger partial charge in [0.1, 0.15) is 0 Å². The maximum absolute atomic E-state index is 12.1. The number of nitrogens with one attached hydrogen (secondary N) is 1. The van der Waals surface area contributed by atoms with Crippen LogP contribution in [0.15, 0.2) is 24.4 Å². The molecule has 2 aromatic rings. The van der Waals surface area contributed by atoms with Gasteiger partial charge in [-0.05, 0) is 18.6 Å². The Labute approximate surface area is 122 Å². The molecule has 0 radical (unpaired) electrons. The predicted molar refractivity (Wildman–Crippen MR) is 75.2 cm³/mol. The molecular weight excluding hydrogens is 270 g/mol. The Bertz CT molecular complexity index is 681. The summed E-state index contributed by atoms with van der Waals surface area (Å²) >= 11 is 0. The molecule has 1 unspecified atom stereocenters. The number of carbonyl (C=O) groups is 2. The average molecular weight is 287 g/mol. The first-order valence-corrected chi connectivity index (χ1v) is 6.97. The van der Waals surface area contributed by atoms with E-state index in [0.29, 0.717) is 31.9 Å². The molecule has 1 atom stereocenters.